The van der Waals surface area contributed by atoms with Crippen LogP contribution in [0.2, 0.25) is 0 Å². The van der Waals surface area contributed by atoms with Gasteiger partial charge in [-0.2, -0.15) is 17.0 Å². The Morgan fingerprint density at radius 3 is 2.40 bits per heavy atom. The van der Waals surface area contributed by atoms with E-state index in [1.54, 1.807) is 4.31 Å². The Morgan fingerprint density at radius 2 is 1.85 bits per heavy atom. The van der Waals surface area contributed by atoms with Gasteiger partial charge in [0.15, 0.2) is 0 Å². The molecule has 2 saturated carbocycles. The van der Waals surface area contributed by atoms with E-state index < -0.39 is 22.2 Å². The number of aliphatic carboxylic acids is 1. The highest BCUT2D eigenvalue weighted by molar-refractivity contribution is 7.86. The largest absolute Gasteiger partial charge is 0.480 e. The van der Waals surface area contributed by atoms with Crippen LogP contribution in [0.15, 0.2) is 0 Å². The highest BCUT2D eigenvalue weighted by Crippen LogP contribution is 2.38. The fourth-order valence-corrected chi connectivity index (χ4v) is 5.04. The van der Waals surface area contributed by atoms with Gasteiger partial charge in [-0.25, -0.2) is 0 Å². The maximum atomic E-state index is 12.8. The summed E-state index contributed by atoms with van der Waals surface area (Å²) in [6.45, 7) is 0.920. The third kappa shape index (κ3) is 2.84. The van der Waals surface area contributed by atoms with Crippen LogP contribution in [0.5, 0.6) is 0 Å². The maximum Gasteiger partial charge on any atom is 0.322 e. The highest BCUT2D eigenvalue weighted by Gasteiger charge is 2.46. The molecule has 1 heterocycles. The van der Waals surface area contributed by atoms with Crippen LogP contribution in [0.3, 0.4) is 0 Å². The molecule has 1 aliphatic heterocycles. The molecule has 2 aliphatic carbocycles. The van der Waals surface area contributed by atoms with Crippen molar-refractivity contribution in [3.05, 3.63) is 0 Å². The third-order valence-electron chi connectivity index (χ3n) is 4.42. The molecule has 1 saturated heterocycles. The first kappa shape index (κ1) is 14.3. The lowest BCUT2D eigenvalue weighted by Gasteiger charge is -2.36. The summed E-state index contributed by atoms with van der Waals surface area (Å²) in [4.78, 5) is 11.3. The van der Waals surface area contributed by atoms with Crippen molar-refractivity contribution >= 4 is 16.2 Å². The second kappa shape index (κ2) is 5.27. The molecule has 1 unspecified atom stereocenters. The van der Waals surface area contributed by atoms with Gasteiger partial charge in [0.2, 0.25) is 0 Å². The molecule has 114 valence electrons. The summed E-state index contributed by atoms with van der Waals surface area (Å²) in [5.74, 6) is -0.533. The molecular weight excluding hydrogens is 280 g/mol. The van der Waals surface area contributed by atoms with Crippen LogP contribution >= 0.6 is 0 Å². The summed E-state index contributed by atoms with van der Waals surface area (Å²) in [5.41, 5.74) is 0. The summed E-state index contributed by atoms with van der Waals surface area (Å²) in [6, 6.07) is -0.772. The molecule has 20 heavy (non-hydrogen) atoms. The van der Waals surface area contributed by atoms with Gasteiger partial charge in [0, 0.05) is 19.1 Å². The van der Waals surface area contributed by atoms with E-state index in [4.69, 9.17) is 0 Å². The molecule has 3 fully saturated rings. The van der Waals surface area contributed by atoms with Crippen LogP contribution in [-0.4, -0.2) is 53.3 Å². The first-order chi connectivity index (χ1) is 9.50. The van der Waals surface area contributed by atoms with Gasteiger partial charge in [0.25, 0.3) is 10.2 Å². The summed E-state index contributed by atoms with van der Waals surface area (Å²) >= 11 is 0. The molecular formula is C13H22N2O4S. The quantitative estimate of drug-likeness (QED) is 0.795. The van der Waals surface area contributed by atoms with Crippen LogP contribution in [-0.2, 0) is 15.0 Å². The SMILES string of the molecule is O=C(O)C1CCCCN1S(=O)(=O)N(CC1CC1)C1CC1. The van der Waals surface area contributed by atoms with Gasteiger partial charge >= 0.3 is 5.97 Å². The van der Waals surface area contributed by atoms with Crippen LogP contribution in [0.1, 0.15) is 44.9 Å². The molecule has 3 aliphatic rings. The van der Waals surface area contributed by atoms with Gasteiger partial charge in [-0.15, -0.1) is 0 Å². The minimum atomic E-state index is -3.62. The molecule has 7 heteroatoms. The fraction of sp³-hybridized carbons (Fsp3) is 0.923. The third-order valence-corrected chi connectivity index (χ3v) is 6.49. The van der Waals surface area contributed by atoms with Gasteiger partial charge in [0.05, 0.1) is 0 Å². The zero-order valence-electron chi connectivity index (χ0n) is 11.6. The van der Waals surface area contributed by atoms with E-state index in [-0.39, 0.29) is 6.04 Å². The standard InChI is InChI=1S/C13H22N2O4S/c16-13(17)12-3-1-2-8-14(12)20(18,19)15(11-6-7-11)9-10-4-5-10/h10-12H,1-9H2,(H,16,17). The van der Waals surface area contributed by atoms with E-state index in [1.807, 2.05) is 0 Å². The number of hydrogen-bond acceptors (Lipinski definition) is 3. The number of rotatable bonds is 6. The summed E-state index contributed by atoms with van der Waals surface area (Å²) in [5, 5.41) is 9.28. The van der Waals surface area contributed by atoms with E-state index in [2.05, 4.69) is 0 Å². The Balaban J connectivity index is 1.81. The van der Waals surface area contributed by atoms with Gasteiger partial charge in [-0.1, -0.05) is 0 Å². The van der Waals surface area contributed by atoms with Gasteiger partial charge in [-0.3, -0.25) is 4.79 Å². The van der Waals surface area contributed by atoms with Crippen molar-refractivity contribution < 1.29 is 18.3 Å². The van der Waals surface area contributed by atoms with Crippen LogP contribution in [0.25, 0.3) is 0 Å². The number of carbonyl (C=O) groups is 1. The topological polar surface area (TPSA) is 77.9 Å². The summed E-state index contributed by atoms with van der Waals surface area (Å²) in [7, 11) is -3.62. The van der Waals surface area contributed by atoms with Crippen molar-refractivity contribution in [1.82, 2.24) is 8.61 Å². The molecule has 6 nitrogen and oxygen atoms in total. The molecule has 3 rings (SSSR count). The Hall–Kier alpha value is -0.660. The zero-order valence-corrected chi connectivity index (χ0v) is 12.4. The lowest BCUT2D eigenvalue weighted by atomic mass is 10.1. The van der Waals surface area contributed by atoms with Crippen molar-refractivity contribution in [3.8, 4) is 0 Å². The van der Waals surface area contributed by atoms with Gasteiger partial charge in [0.1, 0.15) is 6.04 Å². The number of hydrogen-bond donors (Lipinski definition) is 1. The first-order valence-corrected chi connectivity index (χ1v) is 8.91. The van der Waals surface area contributed by atoms with E-state index >= 15 is 0 Å². The molecule has 0 amide bonds. The Kier molecular flexibility index (Phi) is 3.77. The number of carboxylic acids is 1. The smallest absolute Gasteiger partial charge is 0.322 e. The Morgan fingerprint density at radius 1 is 1.15 bits per heavy atom. The number of nitrogens with zero attached hydrogens (tertiary/aromatic N) is 2. The minimum absolute atomic E-state index is 0.108. The molecule has 0 aromatic carbocycles. The average Bonchev–Trinajstić information content (AvgIpc) is 3.27. The van der Waals surface area contributed by atoms with Crippen LogP contribution < -0.4 is 0 Å². The van der Waals surface area contributed by atoms with Crippen molar-refractivity contribution in [2.75, 3.05) is 13.1 Å². The molecule has 0 radical (unpaired) electrons. The van der Waals surface area contributed by atoms with Gasteiger partial charge in [-0.05, 0) is 50.9 Å². The van der Waals surface area contributed by atoms with E-state index in [0.717, 1.165) is 38.5 Å². The molecule has 0 spiro atoms. The second-order valence-corrected chi connectivity index (χ2v) is 8.05. The zero-order chi connectivity index (χ0) is 14.3. The summed E-state index contributed by atoms with van der Waals surface area (Å²) < 4.78 is 28.5. The molecule has 1 atom stereocenters. The molecule has 0 bridgehead atoms. The maximum absolute atomic E-state index is 12.8. The van der Waals surface area contributed by atoms with E-state index in [9.17, 15) is 18.3 Å². The molecule has 1 N–H and O–H groups in total. The predicted octanol–water partition coefficient (Wildman–Crippen LogP) is 1.04. The normalized spacial score (nSPS) is 28.8. The second-order valence-electron chi connectivity index (χ2n) is 6.21. The minimum Gasteiger partial charge on any atom is -0.480 e. The summed E-state index contributed by atoms with van der Waals surface area (Å²) in [6.07, 6.45) is 5.99. The Bertz CT molecular complexity index is 485. The average molecular weight is 302 g/mol. The molecule has 0 aromatic rings. The van der Waals surface area contributed by atoms with Crippen molar-refractivity contribution in [2.24, 2.45) is 5.92 Å². The molecule has 0 aromatic heterocycles. The monoisotopic (exact) mass is 302 g/mol. The lowest BCUT2D eigenvalue weighted by molar-refractivity contribution is -0.142. The predicted molar refractivity (Wildman–Crippen MR) is 73.4 cm³/mol. The lowest BCUT2D eigenvalue weighted by Crippen LogP contribution is -2.54. The van der Waals surface area contributed by atoms with Crippen molar-refractivity contribution in [3.63, 3.8) is 0 Å². The van der Waals surface area contributed by atoms with Gasteiger partial charge < -0.3 is 5.11 Å². The van der Waals surface area contributed by atoms with E-state index in [1.165, 1.54) is 4.31 Å². The van der Waals surface area contributed by atoms with E-state index in [0.29, 0.717) is 25.4 Å². The van der Waals surface area contributed by atoms with Crippen LogP contribution in [0.4, 0.5) is 0 Å². The Labute approximate surface area is 119 Å². The highest BCUT2D eigenvalue weighted by atomic mass is 32.2. The number of piperidine rings is 1. The van der Waals surface area contributed by atoms with Crippen LogP contribution in [0, 0.1) is 5.92 Å². The number of carboxylic acid groups (broad SMARTS) is 1. The van der Waals surface area contributed by atoms with Crippen molar-refractivity contribution in [1.29, 1.82) is 0 Å². The van der Waals surface area contributed by atoms with Crippen molar-refractivity contribution in [2.45, 2.75) is 57.0 Å². The first-order valence-electron chi connectivity index (χ1n) is 7.51. The fourth-order valence-electron chi connectivity index (χ4n) is 2.91.